The molecule has 1 aliphatic rings. The van der Waals surface area contributed by atoms with Gasteiger partial charge in [-0.15, -0.1) is 0 Å². The molecule has 2 atom stereocenters. The summed E-state index contributed by atoms with van der Waals surface area (Å²) in [5.41, 5.74) is -0.289. The van der Waals surface area contributed by atoms with Crippen molar-refractivity contribution in [1.82, 2.24) is 0 Å². The van der Waals surface area contributed by atoms with Crippen molar-refractivity contribution in [2.24, 2.45) is 0 Å². The third kappa shape index (κ3) is 2.00. The average Bonchev–Trinajstić information content (AvgIpc) is 2.70. The lowest BCUT2D eigenvalue weighted by atomic mass is 9.87. The monoisotopic (exact) mass is 316 g/mol. The van der Waals surface area contributed by atoms with Gasteiger partial charge in [-0.05, 0) is 35.0 Å². The van der Waals surface area contributed by atoms with Crippen LogP contribution in [0, 0.1) is 0 Å². The first-order valence-corrected chi connectivity index (χ1v) is 6.58. The molecule has 18 heavy (non-hydrogen) atoms. The Morgan fingerprint density at radius 1 is 1.39 bits per heavy atom. The zero-order chi connectivity index (χ0) is 13.3. The van der Waals surface area contributed by atoms with Crippen molar-refractivity contribution in [2.75, 3.05) is 20.8 Å². The number of ether oxygens (including phenoxy) is 3. The van der Waals surface area contributed by atoms with Crippen LogP contribution in [0.1, 0.15) is 18.9 Å². The van der Waals surface area contributed by atoms with Crippen LogP contribution in [0.2, 0.25) is 0 Å². The molecule has 1 aliphatic heterocycles. The maximum atomic E-state index is 10.8. The third-order valence-corrected chi connectivity index (χ3v) is 4.23. The van der Waals surface area contributed by atoms with Gasteiger partial charge in [-0.1, -0.05) is 0 Å². The molecule has 0 aliphatic carbocycles. The fourth-order valence-electron chi connectivity index (χ4n) is 2.32. The second kappa shape index (κ2) is 5.07. The lowest BCUT2D eigenvalue weighted by molar-refractivity contribution is -0.0331. The van der Waals surface area contributed by atoms with Crippen LogP contribution in [-0.4, -0.2) is 32.0 Å². The molecule has 1 fully saturated rings. The van der Waals surface area contributed by atoms with Crippen molar-refractivity contribution < 1.29 is 19.3 Å². The molecule has 1 aromatic rings. The predicted molar refractivity (Wildman–Crippen MR) is 71.2 cm³/mol. The van der Waals surface area contributed by atoms with E-state index >= 15 is 0 Å². The van der Waals surface area contributed by atoms with E-state index in [1.54, 1.807) is 14.2 Å². The number of hydrogen-bond acceptors (Lipinski definition) is 4. The molecule has 5 heteroatoms. The lowest BCUT2D eigenvalue weighted by Crippen LogP contribution is -2.33. The summed E-state index contributed by atoms with van der Waals surface area (Å²) in [7, 11) is 3.17. The molecule has 1 aromatic carbocycles. The normalized spacial score (nSPS) is 27.3. The molecule has 0 amide bonds. The van der Waals surface area contributed by atoms with Gasteiger partial charge in [0.1, 0.15) is 21.6 Å². The summed E-state index contributed by atoms with van der Waals surface area (Å²) in [6, 6.07) is 3.64. The Morgan fingerprint density at radius 2 is 2.11 bits per heavy atom. The van der Waals surface area contributed by atoms with Gasteiger partial charge in [-0.25, -0.2) is 0 Å². The van der Waals surface area contributed by atoms with Crippen molar-refractivity contribution >= 4 is 15.9 Å². The number of hydrogen-bond donors (Lipinski definition) is 1. The number of rotatable bonds is 3. The summed E-state index contributed by atoms with van der Waals surface area (Å²) in [5.74, 6) is 1.26. The zero-order valence-electron chi connectivity index (χ0n) is 10.7. The topological polar surface area (TPSA) is 47.9 Å². The highest BCUT2D eigenvalue weighted by molar-refractivity contribution is 9.10. The van der Waals surface area contributed by atoms with Crippen molar-refractivity contribution in [3.63, 3.8) is 0 Å². The Morgan fingerprint density at radius 3 is 2.61 bits per heavy atom. The van der Waals surface area contributed by atoms with E-state index in [0.717, 1.165) is 5.56 Å². The SMILES string of the molecule is COc1ccc(C2(O)CCOC2C)c(OC)c1Br. The second-order valence-corrected chi connectivity index (χ2v) is 5.14. The molecule has 0 aromatic heterocycles. The van der Waals surface area contributed by atoms with E-state index < -0.39 is 5.60 Å². The van der Waals surface area contributed by atoms with E-state index in [1.165, 1.54) is 0 Å². The van der Waals surface area contributed by atoms with E-state index in [-0.39, 0.29) is 6.10 Å². The maximum Gasteiger partial charge on any atom is 0.142 e. The molecule has 4 nitrogen and oxygen atoms in total. The van der Waals surface area contributed by atoms with Crippen molar-refractivity contribution in [2.45, 2.75) is 25.0 Å². The van der Waals surface area contributed by atoms with Gasteiger partial charge in [0.15, 0.2) is 0 Å². The Labute approximate surface area is 115 Å². The molecule has 0 saturated carbocycles. The molecular weight excluding hydrogens is 300 g/mol. The molecule has 2 unspecified atom stereocenters. The Hall–Kier alpha value is -0.780. The van der Waals surface area contributed by atoms with E-state index in [9.17, 15) is 5.11 Å². The number of benzene rings is 1. The average molecular weight is 317 g/mol. The van der Waals surface area contributed by atoms with Gasteiger partial charge in [0.05, 0.1) is 26.9 Å². The van der Waals surface area contributed by atoms with Crippen LogP contribution in [0.25, 0.3) is 0 Å². The lowest BCUT2D eigenvalue weighted by Gasteiger charge is -2.29. The molecule has 2 rings (SSSR count). The molecule has 0 bridgehead atoms. The highest BCUT2D eigenvalue weighted by Gasteiger charge is 2.43. The van der Waals surface area contributed by atoms with Crippen LogP contribution < -0.4 is 9.47 Å². The van der Waals surface area contributed by atoms with E-state index in [1.807, 2.05) is 19.1 Å². The van der Waals surface area contributed by atoms with Gasteiger partial charge < -0.3 is 19.3 Å². The van der Waals surface area contributed by atoms with Crippen molar-refractivity contribution in [3.05, 3.63) is 22.2 Å². The highest BCUT2D eigenvalue weighted by Crippen LogP contribution is 2.46. The van der Waals surface area contributed by atoms with Crippen LogP contribution >= 0.6 is 15.9 Å². The fraction of sp³-hybridized carbons (Fsp3) is 0.538. The maximum absolute atomic E-state index is 10.8. The van der Waals surface area contributed by atoms with Gasteiger partial charge in [0, 0.05) is 12.0 Å². The van der Waals surface area contributed by atoms with E-state index in [2.05, 4.69) is 15.9 Å². The van der Waals surface area contributed by atoms with Gasteiger partial charge in [0.25, 0.3) is 0 Å². The van der Waals surface area contributed by atoms with Gasteiger partial charge in [0.2, 0.25) is 0 Å². The van der Waals surface area contributed by atoms with Crippen LogP contribution in [0.5, 0.6) is 11.5 Å². The molecular formula is C13H17BrO4. The molecule has 1 saturated heterocycles. The van der Waals surface area contributed by atoms with Gasteiger partial charge in [-0.2, -0.15) is 0 Å². The minimum atomic E-state index is -1.01. The smallest absolute Gasteiger partial charge is 0.142 e. The van der Waals surface area contributed by atoms with Crippen molar-refractivity contribution in [3.8, 4) is 11.5 Å². The largest absolute Gasteiger partial charge is 0.495 e. The molecule has 0 spiro atoms. The molecule has 100 valence electrons. The van der Waals surface area contributed by atoms with Gasteiger partial charge >= 0.3 is 0 Å². The summed E-state index contributed by atoms with van der Waals surface area (Å²) in [4.78, 5) is 0. The van der Waals surface area contributed by atoms with Crippen LogP contribution in [0.3, 0.4) is 0 Å². The van der Waals surface area contributed by atoms with Crippen LogP contribution in [0.15, 0.2) is 16.6 Å². The van der Waals surface area contributed by atoms with Crippen molar-refractivity contribution in [1.29, 1.82) is 0 Å². The van der Waals surface area contributed by atoms with E-state index in [4.69, 9.17) is 14.2 Å². The predicted octanol–water partition coefficient (Wildman–Crippen LogP) is 2.46. The zero-order valence-corrected chi connectivity index (χ0v) is 12.3. The van der Waals surface area contributed by atoms with Crippen LogP contribution in [-0.2, 0) is 10.3 Å². The molecule has 0 radical (unpaired) electrons. The third-order valence-electron chi connectivity index (χ3n) is 3.48. The Balaban J connectivity index is 2.54. The van der Waals surface area contributed by atoms with E-state index in [0.29, 0.717) is 29.0 Å². The second-order valence-electron chi connectivity index (χ2n) is 4.35. The Bertz CT molecular complexity index is 449. The summed E-state index contributed by atoms with van der Waals surface area (Å²) in [5, 5.41) is 10.8. The number of aliphatic hydroxyl groups is 1. The standard InChI is InChI=1S/C13H17BrO4/c1-8-13(15,6-7-18-8)9-4-5-10(16-2)11(14)12(9)17-3/h4-5,8,15H,6-7H2,1-3H3. The fourth-order valence-corrected chi connectivity index (χ4v) is 2.99. The quantitative estimate of drug-likeness (QED) is 0.930. The minimum Gasteiger partial charge on any atom is -0.495 e. The first-order chi connectivity index (χ1) is 8.54. The Kier molecular flexibility index (Phi) is 3.84. The minimum absolute atomic E-state index is 0.258. The number of halogens is 1. The summed E-state index contributed by atoms with van der Waals surface area (Å²) >= 11 is 3.44. The van der Waals surface area contributed by atoms with Gasteiger partial charge in [-0.3, -0.25) is 0 Å². The number of methoxy groups -OCH3 is 2. The first-order valence-electron chi connectivity index (χ1n) is 5.79. The first kappa shape index (κ1) is 13.6. The highest BCUT2D eigenvalue weighted by atomic mass is 79.9. The summed E-state index contributed by atoms with van der Waals surface area (Å²) in [6.07, 6.45) is 0.301. The summed E-state index contributed by atoms with van der Waals surface area (Å²) in [6.45, 7) is 2.41. The van der Waals surface area contributed by atoms with Crippen LogP contribution in [0.4, 0.5) is 0 Å². The molecule has 1 heterocycles. The summed E-state index contributed by atoms with van der Waals surface area (Å²) < 4.78 is 16.8. The molecule has 1 N–H and O–H groups in total.